The number of dihydropyridines is 1. The van der Waals surface area contributed by atoms with Crippen LogP contribution in [0.25, 0.3) is 0 Å². The molecule has 0 aromatic carbocycles. The third-order valence-corrected chi connectivity index (χ3v) is 7.43. The van der Waals surface area contributed by atoms with E-state index in [-0.39, 0.29) is 23.1 Å². The first-order chi connectivity index (χ1) is 12.7. The van der Waals surface area contributed by atoms with E-state index in [0.717, 1.165) is 39.2 Å². The van der Waals surface area contributed by atoms with Gasteiger partial charge in [0.05, 0.1) is 18.1 Å². The number of carbonyl (C=O) groups excluding carboxylic acids is 2. The van der Waals surface area contributed by atoms with Crippen molar-refractivity contribution in [2.24, 2.45) is 5.41 Å². The first-order valence-corrected chi connectivity index (χ1v) is 11.0. The molecule has 1 aliphatic heterocycles. The fraction of sp³-hybridized carbons (Fsp3) is 0.524. The van der Waals surface area contributed by atoms with Gasteiger partial charge in [0.25, 0.3) is 0 Å². The minimum absolute atomic E-state index is 0.0835. The summed E-state index contributed by atoms with van der Waals surface area (Å²) in [6.45, 7) is 10.3. The molecule has 27 heavy (non-hydrogen) atoms. The number of thiophene rings is 1. The van der Waals surface area contributed by atoms with Crippen LogP contribution < -0.4 is 5.32 Å². The van der Waals surface area contributed by atoms with Crippen LogP contribution in [0, 0.1) is 5.41 Å². The maximum Gasteiger partial charge on any atom is 0.336 e. The quantitative estimate of drug-likeness (QED) is 0.635. The maximum absolute atomic E-state index is 13.1. The number of rotatable bonds is 4. The van der Waals surface area contributed by atoms with E-state index in [4.69, 9.17) is 4.74 Å². The van der Waals surface area contributed by atoms with Crippen LogP contribution in [-0.2, 0) is 20.7 Å². The number of esters is 1. The predicted octanol–water partition coefficient (Wildman–Crippen LogP) is 5.24. The summed E-state index contributed by atoms with van der Waals surface area (Å²) in [5, 5.41) is 3.36. The van der Waals surface area contributed by atoms with Crippen LogP contribution in [0.4, 0.5) is 0 Å². The van der Waals surface area contributed by atoms with Crippen molar-refractivity contribution in [2.75, 3.05) is 6.61 Å². The second kappa shape index (κ2) is 7.55. The molecule has 2 aliphatic rings. The molecule has 2 heterocycles. The molecular weight excluding hydrogens is 426 g/mol. The van der Waals surface area contributed by atoms with Gasteiger partial charge in [-0.1, -0.05) is 20.8 Å². The smallest absolute Gasteiger partial charge is 0.336 e. The molecule has 146 valence electrons. The molecule has 1 aromatic rings. The molecule has 1 aliphatic carbocycles. The summed E-state index contributed by atoms with van der Waals surface area (Å²) in [5.41, 5.74) is 2.94. The molecule has 1 N–H and O–H groups in total. The van der Waals surface area contributed by atoms with E-state index in [1.807, 2.05) is 6.92 Å². The zero-order valence-electron chi connectivity index (χ0n) is 16.5. The van der Waals surface area contributed by atoms with Crippen LogP contribution in [0.5, 0.6) is 0 Å². The molecule has 6 heteroatoms. The van der Waals surface area contributed by atoms with E-state index in [1.54, 1.807) is 18.3 Å². The summed E-state index contributed by atoms with van der Waals surface area (Å²) in [5.74, 6) is -0.583. The Bertz CT molecular complexity index is 863. The van der Waals surface area contributed by atoms with Gasteiger partial charge in [0.1, 0.15) is 0 Å². The van der Waals surface area contributed by atoms with Crippen LogP contribution in [0.15, 0.2) is 33.1 Å². The zero-order valence-corrected chi connectivity index (χ0v) is 18.9. The van der Waals surface area contributed by atoms with Crippen LogP contribution in [0.1, 0.15) is 63.1 Å². The summed E-state index contributed by atoms with van der Waals surface area (Å²) in [4.78, 5) is 28.2. The lowest BCUT2D eigenvalue weighted by atomic mass is 9.70. The van der Waals surface area contributed by atoms with E-state index in [9.17, 15) is 9.59 Å². The third-order valence-electron chi connectivity index (χ3n) is 5.12. The number of hydrogen-bond acceptors (Lipinski definition) is 5. The summed E-state index contributed by atoms with van der Waals surface area (Å²) >= 11 is 5.29. The lowest BCUT2D eigenvalue weighted by Crippen LogP contribution is -2.38. The highest BCUT2D eigenvalue weighted by Crippen LogP contribution is 2.49. The Morgan fingerprint density at radius 2 is 2.07 bits per heavy atom. The molecular formula is C21H26BrNO3S. The van der Waals surface area contributed by atoms with Crippen LogP contribution in [0.3, 0.4) is 0 Å². The molecule has 0 fully saturated rings. The van der Waals surface area contributed by atoms with Crippen LogP contribution >= 0.6 is 27.3 Å². The molecule has 0 saturated carbocycles. The Morgan fingerprint density at radius 1 is 1.37 bits per heavy atom. The Balaban J connectivity index is 2.18. The number of carbonyl (C=O) groups is 2. The Kier molecular flexibility index (Phi) is 5.69. The van der Waals surface area contributed by atoms with Crippen LogP contribution in [0.2, 0.25) is 0 Å². The summed E-state index contributed by atoms with van der Waals surface area (Å²) in [7, 11) is 0. The van der Waals surface area contributed by atoms with Crippen molar-refractivity contribution in [3.05, 3.63) is 42.8 Å². The van der Waals surface area contributed by atoms with Crippen molar-refractivity contribution >= 4 is 39.0 Å². The van der Waals surface area contributed by atoms with Gasteiger partial charge in [-0.3, -0.25) is 4.79 Å². The topological polar surface area (TPSA) is 55.4 Å². The molecule has 1 aromatic heterocycles. The number of nitrogens with one attached hydrogen (secondary N) is 1. The number of allylic oxidation sites excluding steroid dienone is 3. The Labute approximate surface area is 173 Å². The summed E-state index contributed by atoms with van der Waals surface area (Å²) in [6, 6.07) is 2.06. The van der Waals surface area contributed by atoms with E-state index in [2.05, 4.69) is 48.1 Å². The van der Waals surface area contributed by atoms with Crippen molar-refractivity contribution < 1.29 is 14.3 Å². The number of ketones is 1. The fourth-order valence-electron chi connectivity index (χ4n) is 4.01. The summed E-state index contributed by atoms with van der Waals surface area (Å²) in [6.07, 6.45) is 2.19. The van der Waals surface area contributed by atoms with Gasteiger partial charge >= 0.3 is 5.97 Å². The highest BCUT2D eigenvalue weighted by molar-refractivity contribution is 9.10. The molecule has 0 amide bonds. The molecule has 0 saturated heterocycles. The minimum Gasteiger partial charge on any atom is -0.463 e. The van der Waals surface area contributed by atoms with Gasteiger partial charge < -0.3 is 10.1 Å². The Hall–Kier alpha value is -1.40. The first-order valence-electron chi connectivity index (χ1n) is 9.37. The molecule has 0 radical (unpaired) electrons. The van der Waals surface area contributed by atoms with Gasteiger partial charge in [-0.2, -0.15) is 0 Å². The van der Waals surface area contributed by atoms with Crippen LogP contribution in [-0.4, -0.2) is 18.4 Å². The van der Waals surface area contributed by atoms with Crippen molar-refractivity contribution in [1.82, 2.24) is 5.32 Å². The number of Topliss-reactive ketones (excluding diaryl/α,β-unsaturated/α-hetero) is 1. The number of halogens is 1. The first kappa shape index (κ1) is 20.3. The van der Waals surface area contributed by atoms with E-state index >= 15 is 0 Å². The van der Waals surface area contributed by atoms with Gasteiger partial charge in [-0.15, -0.1) is 11.3 Å². The lowest BCUT2D eigenvalue weighted by molar-refractivity contribution is -0.138. The van der Waals surface area contributed by atoms with E-state index in [0.29, 0.717) is 18.6 Å². The van der Waals surface area contributed by atoms with Crippen molar-refractivity contribution in [3.8, 4) is 0 Å². The van der Waals surface area contributed by atoms with E-state index < -0.39 is 0 Å². The van der Waals surface area contributed by atoms with Crippen molar-refractivity contribution in [1.29, 1.82) is 0 Å². The van der Waals surface area contributed by atoms with E-state index in [1.165, 1.54) is 4.88 Å². The standard InChI is InChI=1S/C21H26BrNO3S/c1-6-15-12(22)8-16(27-15)19-17(20(25)26-7-2)11(3)23-13-9-21(4,5)10-14(24)18(13)19/h8,19,23H,6-7,9-10H2,1-5H3/t19-/m1/s1. The van der Waals surface area contributed by atoms with Gasteiger partial charge in [0.15, 0.2) is 5.78 Å². The predicted molar refractivity (Wildman–Crippen MR) is 112 cm³/mol. The fourth-order valence-corrected chi connectivity index (χ4v) is 6.05. The number of hydrogen-bond donors (Lipinski definition) is 1. The molecule has 0 spiro atoms. The second-order valence-corrected chi connectivity index (χ2v) is 9.95. The Morgan fingerprint density at radius 3 is 2.67 bits per heavy atom. The molecule has 3 rings (SSSR count). The SMILES string of the molecule is CCOC(=O)C1=C(C)NC2=C(C(=O)CC(C)(C)C2)[C@@H]1c1cc(Br)c(CC)s1. The van der Waals surface area contributed by atoms with Gasteiger partial charge in [0.2, 0.25) is 0 Å². The average molecular weight is 452 g/mol. The van der Waals surface area contributed by atoms with Gasteiger partial charge in [-0.25, -0.2) is 4.79 Å². The van der Waals surface area contributed by atoms with Crippen molar-refractivity contribution in [2.45, 2.75) is 59.8 Å². The minimum atomic E-state index is -0.356. The second-order valence-electron chi connectivity index (χ2n) is 7.92. The molecule has 0 unspecified atom stereocenters. The summed E-state index contributed by atoms with van der Waals surface area (Å²) < 4.78 is 6.38. The highest BCUT2D eigenvalue weighted by Gasteiger charge is 2.43. The molecule has 4 nitrogen and oxygen atoms in total. The number of aryl methyl sites for hydroxylation is 1. The molecule has 1 atom stereocenters. The largest absolute Gasteiger partial charge is 0.463 e. The molecule has 0 bridgehead atoms. The lowest BCUT2D eigenvalue weighted by Gasteiger charge is -2.39. The zero-order chi connectivity index (χ0) is 19.9. The third kappa shape index (κ3) is 3.79. The van der Waals surface area contributed by atoms with Gasteiger partial charge in [0, 0.05) is 37.6 Å². The number of ether oxygens (including phenoxy) is 1. The highest BCUT2D eigenvalue weighted by atomic mass is 79.9. The normalized spacial score (nSPS) is 21.9. The van der Waals surface area contributed by atoms with Crippen molar-refractivity contribution in [3.63, 3.8) is 0 Å². The van der Waals surface area contributed by atoms with Gasteiger partial charge in [-0.05, 0) is 54.1 Å². The monoisotopic (exact) mass is 451 g/mol. The average Bonchev–Trinajstić information content (AvgIpc) is 2.93. The maximum atomic E-state index is 13.1.